The fourth-order valence-electron chi connectivity index (χ4n) is 1.50. The van der Waals surface area contributed by atoms with E-state index in [0.717, 1.165) is 5.56 Å². The molecule has 0 saturated heterocycles. The minimum Gasteiger partial charge on any atom is -0.481 e. The summed E-state index contributed by atoms with van der Waals surface area (Å²) in [6.07, 6.45) is 0.351. The van der Waals surface area contributed by atoms with Crippen LogP contribution in [0.1, 0.15) is 19.4 Å². The molecule has 0 fully saturated rings. The normalized spacial score (nSPS) is 12.1. The number of aliphatic carboxylic acids is 1. The molecule has 0 aromatic carbocycles. The summed E-state index contributed by atoms with van der Waals surface area (Å²) in [7, 11) is 0. The van der Waals surface area contributed by atoms with Crippen LogP contribution in [-0.4, -0.2) is 35.0 Å². The molecule has 17 heavy (non-hydrogen) atoms. The first-order valence-electron chi connectivity index (χ1n) is 5.56. The molecule has 0 radical (unpaired) electrons. The zero-order valence-electron chi connectivity index (χ0n) is 10.0. The second-order valence-electron chi connectivity index (χ2n) is 3.98. The summed E-state index contributed by atoms with van der Waals surface area (Å²) >= 11 is 1.55. The van der Waals surface area contributed by atoms with Gasteiger partial charge in [0.1, 0.15) is 0 Å². The Hall–Kier alpha value is -1.36. The van der Waals surface area contributed by atoms with E-state index in [1.165, 1.54) is 0 Å². The van der Waals surface area contributed by atoms with Crippen LogP contribution in [-0.2, 0) is 16.0 Å². The van der Waals surface area contributed by atoms with Crippen LogP contribution in [0, 0.1) is 5.92 Å². The fourth-order valence-corrected chi connectivity index (χ4v) is 2.16. The van der Waals surface area contributed by atoms with E-state index in [0.29, 0.717) is 13.0 Å². The molecule has 1 N–H and O–H groups in total. The van der Waals surface area contributed by atoms with Crippen LogP contribution in [0.25, 0.3) is 0 Å². The van der Waals surface area contributed by atoms with Gasteiger partial charge in [0, 0.05) is 13.1 Å². The first kappa shape index (κ1) is 13.7. The van der Waals surface area contributed by atoms with Crippen LogP contribution in [0.3, 0.4) is 0 Å². The van der Waals surface area contributed by atoms with Crippen LogP contribution in [0.2, 0.25) is 0 Å². The molecule has 1 rings (SSSR count). The Balaban J connectivity index is 2.55. The zero-order chi connectivity index (χ0) is 12.8. The molecule has 5 heteroatoms. The predicted molar refractivity (Wildman–Crippen MR) is 67.1 cm³/mol. The van der Waals surface area contributed by atoms with E-state index >= 15 is 0 Å². The first-order chi connectivity index (χ1) is 8.04. The molecule has 1 amide bonds. The number of carbonyl (C=O) groups excluding carboxylic acids is 1. The summed E-state index contributed by atoms with van der Waals surface area (Å²) in [5, 5.41) is 12.7. The lowest BCUT2D eigenvalue weighted by atomic mass is 10.1. The van der Waals surface area contributed by atoms with Gasteiger partial charge in [0.25, 0.3) is 0 Å². The van der Waals surface area contributed by atoms with Gasteiger partial charge >= 0.3 is 5.97 Å². The molecule has 0 bridgehead atoms. The Morgan fingerprint density at radius 2 is 2.24 bits per heavy atom. The van der Waals surface area contributed by atoms with Crippen LogP contribution < -0.4 is 0 Å². The second-order valence-corrected chi connectivity index (χ2v) is 4.76. The van der Waals surface area contributed by atoms with Crippen LogP contribution in [0.4, 0.5) is 0 Å². The van der Waals surface area contributed by atoms with Gasteiger partial charge in [-0.1, -0.05) is 6.92 Å². The smallest absolute Gasteiger partial charge is 0.308 e. The Bertz CT molecular complexity index is 375. The number of amides is 1. The van der Waals surface area contributed by atoms with E-state index in [-0.39, 0.29) is 12.5 Å². The SMILES string of the molecule is CCN(CC(C)C(=O)O)C(=O)Cc1ccsc1. The summed E-state index contributed by atoms with van der Waals surface area (Å²) < 4.78 is 0. The zero-order valence-corrected chi connectivity index (χ0v) is 10.9. The van der Waals surface area contributed by atoms with Crippen molar-refractivity contribution >= 4 is 23.2 Å². The summed E-state index contributed by atoms with van der Waals surface area (Å²) in [6.45, 7) is 4.29. The second kappa shape index (κ2) is 6.39. The van der Waals surface area contributed by atoms with Gasteiger partial charge < -0.3 is 10.0 Å². The summed E-state index contributed by atoms with van der Waals surface area (Å²) in [4.78, 5) is 24.3. The molecule has 0 aliphatic carbocycles. The van der Waals surface area contributed by atoms with Crippen molar-refractivity contribution in [3.63, 3.8) is 0 Å². The molecule has 0 saturated carbocycles. The lowest BCUT2D eigenvalue weighted by molar-refractivity contribution is -0.142. The number of carboxylic acids is 1. The summed E-state index contributed by atoms with van der Waals surface area (Å²) in [5.41, 5.74) is 0.987. The van der Waals surface area contributed by atoms with E-state index in [4.69, 9.17) is 5.11 Å². The van der Waals surface area contributed by atoms with Crippen molar-refractivity contribution in [1.29, 1.82) is 0 Å². The minimum atomic E-state index is -0.869. The maximum absolute atomic E-state index is 11.9. The third kappa shape index (κ3) is 4.19. The molecule has 0 spiro atoms. The van der Waals surface area contributed by atoms with Crippen molar-refractivity contribution < 1.29 is 14.7 Å². The highest BCUT2D eigenvalue weighted by Gasteiger charge is 2.19. The highest BCUT2D eigenvalue weighted by atomic mass is 32.1. The highest BCUT2D eigenvalue weighted by Crippen LogP contribution is 2.09. The lowest BCUT2D eigenvalue weighted by Gasteiger charge is -2.22. The first-order valence-corrected chi connectivity index (χ1v) is 6.50. The van der Waals surface area contributed by atoms with Gasteiger partial charge in [-0.05, 0) is 29.3 Å². The molecular weight excluding hydrogens is 238 g/mol. The maximum atomic E-state index is 11.9. The van der Waals surface area contributed by atoms with Gasteiger partial charge in [-0.2, -0.15) is 11.3 Å². The minimum absolute atomic E-state index is 0.0148. The van der Waals surface area contributed by atoms with E-state index in [1.807, 2.05) is 23.8 Å². The molecule has 1 heterocycles. The maximum Gasteiger partial charge on any atom is 0.308 e. The van der Waals surface area contributed by atoms with E-state index in [2.05, 4.69) is 0 Å². The van der Waals surface area contributed by atoms with Crippen LogP contribution in [0.5, 0.6) is 0 Å². The van der Waals surface area contributed by atoms with Crippen molar-refractivity contribution in [2.24, 2.45) is 5.92 Å². The molecule has 1 aromatic rings. The standard InChI is InChI=1S/C12H17NO3S/c1-3-13(7-9(2)12(15)16)11(14)6-10-4-5-17-8-10/h4-5,8-9H,3,6-7H2,1-2H3,(H,15,16). The van der Waals surface area contributed by atoms with Gasteiger partial charge in [-0.3, -0.25) is 9.59 Å². The predicted octanol–water partition coefficient (Wildman–Crippen LogP) is 1.86. The van der Waals surface area contributed by atoms with E-state index in [9.17, 15) is 9.59 Å². The topological polar surface area (TPSA) is 57.6 Å². The molecule has 94 valence electrons. The van der Waals surface area contributed by atoms with Gasteiger partial charge in [0.15, 0.2) is 0 Å². The molecule has 1 unspecified atom stereocenters. The van der Waals surface area contributed by atoms with Gasteiger partial charge in [0.2, 0.25) is 5.91 Å². The van der Waals surface area contributed by atoms with Gasteiger partial charge in [-0.25, -0.2) is 0 Å². The molecule has 0 aliphatic heterocycles. The third-order valence-electron chi connectivity index (χ3n) is 2.59. The van der Waals surface area contributed by atoms with E-state index < -0.39 is 11.9 Å². The van der Waals surface area contributed by atoms with Crippen molar-refractivity contribution in [3.05, 3.63) is 22.4 Å². The number of nitrogens with zero attached hydrogens (tertiary/aromatic N) is 1. The number of carbonyl (C=O) groups is 2. The number of rotatable bonds is 6. The average molecular weight is 255 g/mol. The van der Waals surface area contributed by atoms with Crippen molar-refractivity contribution in [2.75, 3.05) is 13.1 Å². The molecule has 1 atom stereocenters. The molecule has 1 aromatic heterocycles. The van der Waals surface area contributed by atoms with Crippen molar-refractivity contribution in [1.82, 2.24) is 4.90 Å². The number of carboxylic acid groups (broad SMARTS) is 1. The van der Waals surface area contributed by atoms with Crippen LogP contribution in [0.15, 0.2) is 16.8 Å². The number of hydrogen-bond donors (Lipinski definition) is 1. The lowest BCUT2D eigenvalue weighted by Crippen LogP contribution is -2.37. The van der Waals surface area contributed by atoms with Crippen molar-refractivity contribution in [3.8, 4) is 0 Å². The highest BCUT2D eigenvalue weighted by molar-refractivity contribution is 7.07. The van der Waals surface area contributed by atoms with Crippen molar-refractivity contribution in [2.45, 2.75) is 20.3 Å². The monoisotopic (exact) mass is 255 g/mol. The summed E-state index contributed by atoms with van der Waals surface area (Å²) in [6, 6.07) is 1.91. The third-order valence-corrected chi connectivity index (χ3v) is 3.32. The van der Waals surface area contributed by atoms with Gasteiger partial charge in [0.05, 0.1) is 12.3 Å². The largest absolute Gasteiger partial charge is 0.481 e. The fraction of sp³-hybridized carbons (Fsp3) is 0.500. The molecular formula is C12H17NO3S. The quantitative estimate of drug-likeness (QED) is 0.844. The Labute approximate surface area is 105 Å². The molecule has 0 aliphatic rings. The van der Waals surface area contributed by atoms with Gasteiger partial charge in [-0.15, -0.1) is 0 Å². The average Bonchev–Trinajstić information content (AvgIpc) is 2.77. The molecule has 4 nitrogen and oxygen atoms in total. The summed E-state index contributed by atoms with van der Waals surface area (Å²) in [5.74, 6) is -1.41. The Kier molecular flexibility index (Phi) is 5.15. The number of likely N-dealkylation sites (N-methyl/N-ethyl adjacent to an activating group) is 1. The number of thiophene rings is 1. The van der Waals surface area contributed by atoms with Crippen LogP contribution >= 0.6 is 11.3 Å². The van der Waals surface area contributed by atoms with E-state index in [1.54, 1.807) is 23.2 Å². The number of hydrogen-bond acceptors (Lipinski definition) is 3. The Morgan fingerprint density at radius 3 is 2.71 bits per heavy atom. The Morgan fingerprint density at radius 1 is 1.53 bits per heavy atom.